The van der Waals surface area contributed by atoms with Crippen molar-refractivity contribution in [2.75, 3.05) is 0 Å². The van der Waals surface area contributed by atoms with Crippen LogP contribution in [0.1, 0.15) is 27.6 Å². The van der Waals surface area contributed by atoms with Gasteiger partial charge in [0.1, 0.15) is 0 Å². The average Bonchev–Trinajstić information content (AvgIpc) is 3.12. The molecule has 0 atom stereocenters. The van der Waals surface area contributed by atoms with E-state index in [4.69, 9.17) is 0 Å². The molecule has 1 amide bonds. The minimum absolute atomic E-state index is 0.0936. The van der Waals surface area contributed by atoms with E-state index in [-0.39, 0.29) is 11.7 Å². The van der Waals surface area contributed by atoms with Crippen LogP contribution in [0.5, 0.6) is 0 Å². The van der Waals surface area contributed by atoms with Gasteiger partial charge in [0.2, 0.25) is 5.82 Å². The summed E-state index contributed by atoms with van der Waals surface area (Å²) in [6, 6.07) is 9.52. The van der Waals surface area contributed by atoms with Crippen LogP contribution in [-0.4, -0.2) is 35.5 Å². The molecule has 4 rings (SSSR count). The monoisotopic (exact) mass is 359 g/mol. The lowest BCUT2D eigenvalue weighted by molar-refractivity contribution is 0.0940. The highest BCUT2D eigenvalue weighted by Crippen LogP contribution is 2.15. The number of aryl methyl sites for hydroxylation is 2. The maximum Gasteiger partial charge on any atom is 0.291 e. The fourth-order valence-corrected chi connectivity index (χ4v) is 2.74. The Labute approximate surface area is 155 Å². The number of nitrogens with one attached hydrogen (secondary N) is 1. The Kier molecular flexibility index (Phi) is 4.29. The van der Waals surface area contributed by atoms with Crippen molar-refractivity contribution in [3.05, 3.63) is 71.7 Å². The van der Waals surface area contributed by atoms with Crippen molar-refractivity contribution in [2.45, 2.75) is 20.4 Å². The van der Waals surface area contributed by atoms with Gasteiger partial charge in [-0.25, -0.2) is 9.50 Å². The van der Waals surface area contributed by atoms with Crippen LogP contribution in [0.15, 0.2) is 48.9 Å². The van der Waals surface area contributed by atoms with Gasteiger partial charge in [0.25, 0.3) is 11.7 Å². The molecule has 0 aromatic carbocycles. The van der Waals surface area contributed by atoms with Gasteiger partial charge in [-0.05, 0) is 43.7 Å². The highest BCUT2D eigenvalue weighted by atomic mass is 16.2. The van der Waals surface area contributed by atoms with Crippen molar-refractivity contribution in [3.63, 3.8) is 0 Å². The molecule has 0 aliphatic carbocycles. The molecule has 0 fully saturated rings. The number of carbonyl (C=O) groups is 1. The predicted molar refractivity (Wildman–Crippen MR) is 98.9 cm³/mol. The number of fused-ring (bicyclic) bond motifs is 1. The summed E-state index contributed by atoms with van der Waals surface area (Å²) in [5.41, 5.74) is 4.36. The van der Waals surface area contributed by atoms with Crippen molar-refractivity contribution < 1.29 is 4.79 Å². The predicted octanol–water partition coefficient (Wildman–Crippen LogP) is 2.13. The second kappa shape index (κ2) is 6.91. The first-order valence-corrected chi connectivity index (χ1v) is 8.45. The second-order valence-corrected chi connectivity index (χ2v) is 6.16. The van der Waals surface area contributed by atoms with Crippen molar-refractivity contribution in [1.82, 2.24) is 34.9 Å². The summed E-state index contributed by atoms with van der Waals surface area (Å²) in [6.07, 6.45) is 5.21. The first-order valence-electron chi connectivity index (χ1n) is 8.45. The van der Waals surface area contributed by atoms with E-state index in [1.165, 1.54) is 0 Å². The zero-order valence-corrected chi connectivity index (χ0v) is 14.9. The molecule has 1 N–H and O–H groups in total. The lowest BCUT2D eigenvalue weighted by atomic mass is 10.1. The average molecular weight is 359 g/mol. The summed E-state index contributed by atoms with van der Waals surface area (Å²) >= 11 is 0. The minimum atomic E-state index is -0.353. The summed E-state index contributed by atoms with van der Waals surface area (Å²) < 4.78 is 1.56. The van der Waals surface area contributed by atoms with E-state index >= 15 is 0 Å². The van der Waals surface area contributed by atoms with Crippen LogP contribution >= 0.6 is 0 Å². The first-order chi connectivity index (χ1) is 13.1. The van der Waals surface area contributed by atoms with Gasteiger partial charge in [0.15, 0.2) is 0 Å². The molecule has 4 heterocycles. The van der Waals surface area contributed by atoms with Crippen LogP contribution in [0.3, 0.4) is 0 Å². The molecule has 0 bridgehead atoms. The fourth-order valence-electron chi connectivity index (χ4n) is 2.74. The number of hydrogen-bond acceptors (Lipinski definition) is 6. The highest BCUT2D eigenvalue weighted by Gasteiger charge is 2.14. The van der Waals surface area contributed by atoms with Gasteiger partial charge in [-0.3, -0.25) is 14.8 Å². The van der Waals surface area contributed by atoms with E-state index in [1.54, 1.807) is 23.1 Å². The van der Waals surface area contributed by atoms with Crippen LogP contribution in [0.4, 0.5) is 0 Å². The molecule has 0 spiro atoms. The largest absolute Gasteiger partial charge is 0.345 e. The van der Waals surface area contributed by atoms with E-state index in [1.807, 2.05) is 44.2 Å². The van der Waals surface area contributed by atoms with Gasteiger partial charge >= 0.3 is 0 Å². The summed E-state index contributed by atoms with van der Waals surface area (Å²) in [7, 11) is 0. The molecule has 0 unspecified atom stereocenters. The van der Waals surface area contributed by atoms with Crippen molar-refractivity contribution in [3.8, 4) is 11.3 Å². The molecule has 27 heavy (non-hydrogen) atoms. The van der Waals surface area contributed by atoms with Crippen LogP contribution in [0.25, 0.3) is 17.0 Å². The number of nitrogens with zero attached hydrogens (tertiary/aromatic N) is 6. The van der Waals surface area contributed by atoms with E-state index < -0.39 is 0 Å². The Morgan fingerprint density at radius 2 is 2.04 bits per heavy atom. The van der Waals surface area contributed by atoms with Crippen molar-refractivity contribution in [2.24, 2.45) is 0 Å². The molecular formula is C19H17N7O. The zero-order chi connectivity index (χ0) is 18.8. The van der Waals surface area contributed by atoms with Crippen LogP contribution in [0, 0.1) is 13.8 Å². The van der Waals surface area contributed by atoms with Crippen molar-refractivity contribution >= 4 is 11.7 Å². The molecule has 134 valence electrons. The third kappa shape index (κ3) is 3.50. The van der Waals surface area contributed by atoms with E-state index in [2.05, 4.69) is 30.4 Å². The molecule has 0 aliphatic heterocycles. The van der Waals surface area contributed by atoms with Gasteiger partial charge in [-0.1, -0.05) is 6.07 Å². The number of aromatic nitrogens is 6. The number of amides is 1. The lowest BCUT2D eigenvalue weighted by Gasteiger charge is -2.04. The van der Waals surface area contributed by atoms with Crippen LogP contribution in [0.2, 0.25) is 0 Å². The maximum absolute atomic E-state index is 12.4. The standard InChI is InChI=1S/C19H17N7O/c1-12-8-13(2)26-19(23-12)24-17(25-26)18(27)22-10-14-5-6-16(21-9-14)15-4-3-7-20-11-15/h3-9,11H,10H2,1-2H3,(H,22,27). The minimum Gasteiger partial charge on any atom is -0.345 e. The molecular weight excluding hydrogens is 342 g/mol. The first kappa shape index (κ1) is 16.8. The normalized spacial score (nSPS) is 10.9. The van der Waals surface area contributed by atoms with Gasteiger partial charge in [-0.2, -0.15) is 4.98 Å². The van der Waals surface area contributed by atoms with E-state index in [0.29, 0.717) is 12.3 Å². The molecule has 0 aliphatic rings. The summed E-state index contributed by atoms with van der Waals surface area (Å²) in [4.78, 5) is 29.4. The molecule has 0 saturated carbocycles. The molecule has 4 aromatic rings. The molecule has 0 radical (unpaired) electrons. The van der Waals surface area contributed by atoms with E-state index in [9.17, 15) is 4.79 Å². The highest BCUT2D eigenvalue weighted by molar-refractivity contribution is 5.90. The smallest absolute Gasteiger partial charge is 0.291 e. The topological polar surface area (TPSA) is 98.0 Å². The Morgan fingerprint density at radius 1 is 1.15 bits per heavy atom. The number of carbonyl (C=O) groups excluding carboxylic acids is 1. The number of hydrogen-bond donors (Lipinski definition) is 1. The van der Waals surface area contributed by atoms with Crippen LogP contribution < -0.4 is 5.32 Å². The third-order valence-corrected chi connectivity index (χ3v) is 4.06. The molecule has 4 aromatic heterocycles. The van der Waals surface area contributed by atoms with Gasteiger partial charge in [0.05, 0.1) is 5.69 Å². The molecule has 8 nitrogen and oxygen atoms in total. The Bertz CT molecular complexity index is 1100. The Hall–Kier alpha value is -3.68. The van der Waals surface area contributed by atoms with Gasteiger partial charge in [0, 0.05) is 42.1 Å². The molecule has 8 heteroatoms. The van der Waals surface area contributed by atoms with Gasteiger partial charge in [-0.15, -0.1) is 5.10 Å². The zero-order valence-electron chi connectivity index (χ0n) is 14.9. The summed E-state index contributed by atoms with van der Waals surface area (Å²) in [6.45, 7) is 4.11. The summed E-state index contributed by atoms with van der Waals surface area (Å²) in [5, 5.41) is 7.04. The van der Waals surface area contributed by atoms with E-state index in [0.717, 1.165) is 28.2 Å². The lowest BCUT2D eigenvalue weighted by Crippen LogP contribution is -2.24. The SMILES string of the molecule is Cc1cc(C)n2nc(C(=O)NCc3ccc(-c4cccnc4)nc3)nc2n1. The van der Waals surface area contributed by atoms with Crippen molar-refractivity contribution in [1.29, 1.82) is 0 Å². The fraction of sp³-hybridized carbons (Fsp3) is 0.158. The Morgan fingerprint density at radius 3 is 2.78 bits per heavy atom. The Balaban J connectivity index is 1.45. The molecule has 0 saturated heterocycles. The van der Waals surface area contributed by atoms with Crippen LogP contribution in [-0.2, 0) is 6.54 Å². The van der Waals surface area contributed by atoms with Gasteiger partial charge < -0.3 is 5.32 Å². The maximum atomic E-state index is 12.4. The quantitative estimate of drug-likeness (QED) is 0.599. The second-order valence-electron chi connectivity index (χ2n) is 6.16. The number of rotatable bonds is 4. The third-order valence-electron chi connectivity index (χ3n) is 4.06. The number of pyridine rings is 2. The summed E-state index contributed by atoms with van der Waals surface area (Å²) in [5.74, 6) is 0.158.